The fourth-order valence-electron chi connectivity index (χ4n) is 6.97. The second-order valence-corrected chi connectivity index (χ2v) is 15.1. The van der Waals surface area contributed by atoms with Crippen LogP contribution in [0.5, 0.6) is 0 Å². The zero-order valence-electron chi connectivity index (χ0n) is 34.7. The van der Waals surface area contributed by atoms with E-state index in [9.17, 15) is 4.79 Å². The number of piperazine rings is 2. The van der Waals surface area contributed by atoms with Crippen molar-refractivity contribution in [3.05, 3.63) is 124 Å². The standard InChI is InChI=1S/C22H23ClN8.C22H24N8O/c1-2-30-7-9-31(10-8-30)15-19-4-3-18(14-26-19)28-22-25-6-5-20(29-22)17-11-16(12-24)21(23)27-13-17;1-2-29-7-9-30(10-8-29)15-19-4-3-18(14-25-19)27-22-24-6-5-20(28-22)17-11-16(12-23)21(31)26-13-17/h3-6,11,13-14H,2,7-10,15H2,1H3,(H,25,28,29);3-6,11,13-14H,2,7-10,15H2,1H3,(H,26,31)(H,24,27,28). The molecule has 0 aliphatic carbocycles. The Balaban J connectivity index is 0.000000186. The van der Waals surface area contributed by atoms with Crippen LogP contribution in [0.15, 0.2) is 90.5 Å². The minimum absolute atomic E-state index is 0.0431. The number of nitriles is 2. The maximum Gasteiger partial charge on any atom is 0.265 e. The van der Waals surface area contributed by atoms with E-state index >= 15 is 0 Å². The highest BCUT2D eigenvalue weighted by Gasteiger charge is 2.17. The van der Waals surface area contributed by atoms with Crippen molar-refractivity contribution in [1.29, 1.82) is 10.5 Å². The summed E-state index contributed by atoms with van der Waals surface area (Å²) in [6.45, 7) is 17.0. The molecule has 316 valence electrons. The summed E-state index contributed by atoms with van der Waals surface area (Å²) in [5.41, 5.74) is 6.18. The zero-order valence-corrected chi connectivity index (χ0v) is 35.4. The highest BCUT2D eigenvalue weighted by atomic mass is 35.5. The molecule has 0 saturated carbocycles. The number of hydrogen-bond acceptors (Lipinski definition) is 16. The number of pyridine rings is 4. The summed E-state index contributed by atoms with van der Waals surface area (Å²) in [5, 5.41) is 24.7. The molecule has 2 aliphatic heterocycles. The first kappa shape index (κ1) is 43.4. The van der Waals surface area contributed by atoms with Gasteiger partial charge in [0.15, 0.2) is 0 Å². The first-order chi connectivity index (χ1) is 30.3. The van der Waals surface area contributed by atoms with Crippen molar-refractivity contribution in [2.75, 3.05) is 76.1 Å². The molecular formula is C44H47ClN16O. The average molecular weight is 851 g/mol. The smallest absolute Gasteiger partial charge is 0.265 e. The van der Waals surface area contributed by atoms with E-state index < -0.39 is 5.56 Å². The van der Waals surface area contributed by atoms with Gasteiger partial charge in [-0.25, -0.2) is 24.9 Å². The lowest BCUT2D eigenvalue weighted by Gasteiger charge is -2.33. The molecule has 0 bridgehead atoms. The summed E-state index contributed by atoms with van der Waals surface area (Å²) in [6.07, 6.45) is 9.98. The maximum atomic E-state index is 11.6. The van der Waals surface area contributed by atoms with Crippen LogP contribution in [0.25, 0.3) is 22.5 Å². The molecular weight excluding hydrogens is 804 g/mol. The average Bonchev–Trinajstić information content (AvgIpc) is 3.31. The number of rotatable bonds is 12. The topological polar surface area (TPSA) is 208 Å². The molecule has 0 unspecified atom stereocenters. The molecule has 2 aliphatic rings. The predicted molar refractivity (Wildman–Crippen MR) is 238 cm³/mol. The van der Waals surface area contributed by atoms with Crippen molar-refractivity contribution in [2.45, 2.75) is 26.9 Å². The number of anilines is 4. The Morgan fingerprint density at radius 1 is 0.629 bits per heavy atom. The largest absolute Gasteiger partial charge is 0.327 e. The first-order valence-corrected chi connectivity index (χ1v) is 20.9. The molecule has 0 aromatic carbocycles. The van der Waals surface area contributed by atoms with Crippen LogP contribution >= 0.6 is 11.6 Å². The number of nitrogens with one attached hydrogen (secondary N) is 3. The SMILES string of the molecule is CCN1CCN(Cc2ccc(Nc3nccc(-c4c[nH]c(=O)c(C#N)c4)n3)cn2)CC1.CCN1CCN(Cc2ccc(Nc3nccc(-c4cnc(Cl)c(C#N)c4)n3)cn2)CC1. The third-order valence-corrected chi connectivity index (χ3v) is 10.9. The van der Waals surface area contributed by atoms with E-state index in [1.54, 1.807) is 49.2 Å². The number of aromatic nitrogens is 8. The van der Waals surface area contributed by atoms with Crippen LogP contribution < -0.4 is 16.2 Å². The van der Waals surface area contributed by atoms with Gasteiger partial charge in [0.25, 0.3) is 5.56 Å². The van der Waals surface area contributed by atoms with Gasteiger partial charge in [-0.05, 0) is 61.6 Å². The van der Waals surface area contributed by atoms with Crippen LogP contribution in [0, 0.1) is 22.7 Å². The highest BCUT2D eigenvalue weighted by molar-refractivity contribution is 6.30. The van der Waals surface area contributed by atoms with E-state index in [1.165, 1.54) is 12.3 Å². The lowest BCUT2D eigenvalue weighted by Crippen LogP contribution is -2.45. The summed E-state index contributed by atoms with van der Waals surface area (Å²) in [4.78, 5) is 54.7. The Morgan fingerprint density at radius 2 is 1.11 bits per heavy atom. The van der Waals surface area contributed by atoms with Gasteiger partial charge in [-0.1, -0.05) is 25.4 Å². The molecule has 2 fully saturated rings. The molecule has 2 saturated heterocycles. The minimum Gasteiger partial charge on any atom is -0.327 e. The van der Waals surface area contributed by atoms with E-state index in [-0.39, 0.29) is 10.7 Å². The van der Waals surface area contributed by atoms with Gasteiger partial charge in [0, 0.05) is 101 Å². The minimum atomic E-state index is -0.419. The summed E-state index contributed by atoms with van der Waals surface area (Å²) >= 11 is 5.92. The molecule has 3 N–H and O–H groups in total. The lowest BCUT2D eigenvalue weighted by molar-refractivity contribution is 0.131. The third-order valence-electron chi connectivity index (χ3n) is 10.6. The summed E-state index contributed by atoms with van der Waals surface area (Å²) in [6, 6.07) is 18.6. The highest BCUT2D eigenvalue weighted by Crippen LogP contribution is 2.23. The number of hydrogen-bond donors (Lipinski definition) is 3. The van der Waals surface area contributed by atoms with Crippen molar-refractivity contribution in [3.8, 4) is 34.7 Å². The molecule has 18 heteroatoms. The monoisotopic (exact) mass is 850 g/mol. The number of H-pyrrole nitrogens is 1. The van der Waals surface area contributed by atoms with E-state index in [0.717, 1.165) is 101 Å². The van der Waals surface area contributed by atoms with E-state index in [2.05, 4.69) is 84.0 Å². The van der Waals surface area contributed by atoms with Crippen LogP contribution in [0.4, 0.5) is 23.3 Å². The molecule has 17 nitrogen and oxygen atoms in total. The van der Waals surface area contributed by atoms with Crippen molar-refractivity contribution in [2.24, 2.45) is 0 Å². The molecule has 6 aromatic rings. The Morgan fingerprint density at radius 3 is 1.58 bits per heavy atom. The Kier molecular flexibility index (Phi) is 14.8. The number of aromatic amines is 1. The summed E-state index contributed by atoms with van der Waals surface area (Å²) < 4.78 is 0. The van der Waals surface area contributed by atoms with Gasteiger partial charge >= 0.3 is 0 Å². The normalized spacial score (nSPS) is 14.9. The zero-order chi connectivity index (χ0) is 43.3. The molecule has 8 heterocycles. The van der Waals surface area contributed by atoms with Gasteiger partial charge in [0.1, 0.15) is 22.9 Å². The van der Waals surface area contributed by atoms with E-state index in [1.807, 2.05) is 36.4 Å². The molecule has 0 radical (unpaired) electrons. The quantitative estimate of drug-likeness (QED) is 0.133. The second kappa shape index (κ2) is 21.2. The van der Waals surface area contributed by atoms with Gasteiger partial charge < -0.3 is 25.4 Å². The van der Waals surface area contributed by atoms with Crippen LogP contribution in [0.3, 0.4) is 0 Å². The number of likely N-dealkylation sites (N-methyl/N-ethyl adjacent to an activating group) is 2. The number of nitrogens with zero attached hydrogens (tertiary/aromatic N) is 13. The second-order valence-electron chi connectivity index (χ2n) is 14.7. The van der Waals surface area contributed by atoms with Gasteiger partial charge in [0.2, 0.25) is 11.9 Å². The van der Waals surface area contributed by atoms with Gasteiger partial charge in [-0.3, -0.25) is 24.6 Å². The van der Waals surface area contributed by atoms with Gasteiger partial charge in [0.05, 0.1) is 52.1 Å². The van der Waals surface area contributed by atoms with Gasteiger partial charge in [-0.2, -0.15) is 10.5 Å². The van der Waals surface area contributed by atoms with E-state index in [4.69, 9.17) is 22.1 Å². The number of halogens is 1. The molecule has 0 atom stereocenters. The van der Waals surface area contributed by atoms with Crippen LogP contribution in [0.2, 0.25) is 5.15 Å². The van der Waals surface area contributed by atoms with Crippen molar-refractivity contribution in [3.63, 3.8) is 0 Å². The molecule has 6 aromatic heterocycles. The molecule has 62 heavy (non-hydrogen) atoms. The molecule has 8 rings (SSSR count). The molecule has 0 spiro atoms. The Hall–Kier alpha value is -6.73. The first-order valence-electron chi connectivity index (χ1n) is 20.5. The summed E-state index contributed by atoms with van der Waals surface area (Å²) in [7, 11) is 0. The fourth-order valence-corrected chi connectivity index (χ4v) is 7.11. The van der Waals surface area contributed by atoms with Crippen molar-refractivity contribution in [1.82, 2.24) is 59.5 Å². The van der Waals surface area contributed by atoms with Crippen LogP contribution in [-0.4, -0.2) is 125 Å². The van der Waals surface area contributed by atoms with Crippen LogP contribution in [0.1, 0.15) is 36.4 Å². The maximum absolute atomic E-state index is 11.6. The summed E-state index contributed by atoms with van der Waals surface area (Å²) in [5.74, 6) is 0.851. The van der Waals surface area contributed by atoms with Crippen molar-refractivity contribution >= 4 is 34.9 Å². The lowest BCUT2D eigenvalue weighted by atomic mass is 10.1. The predicted octanol–water partition coefficient (Wildman–Crippen LogP) is 5.32. The van der Waals surface area contributed by atoms with Crippen LogP contribution in [-0.2, 0) is 13.1 Å². The third kappa shape index (κ3) is 11.8. The Bertz CT molecular complexity index is 2560. The Labute approximate surface area is 365 Å². The molecule has 0 amide bonds. The fraction of sp³-hybridized carbons (Fsp3) is 0.318. The van der Waals surface area contributed by atoms with Gasteiger partial charge in [-0.15, -0.1) is 0 Å². The van der Waals surface area contributed by atoms with E-state index in [0.29, 0.717) is 40.0 Å². The van der Waals surface area contributed by atoms with Crippen molar-refractivity contribution < 1.29 is 0 Å².